The number of nitrogens with zero attached hydrogens (tertiary/aromatic N) is 3. The second-order valence-electron chi connectivity index (χ2n) is 5.22. The molecule has 4 rings (SSSR count). The highest BCUT2D eigenvalue weighted by molar-refractivity contribution is 7.13. The van der Waals surface area contributed by atoms with Crippen LogP contribution in [0, 0.1) is 5.82 Å². The predicted molar refractivity (Wildman–Crippen MR) is 91.1 cm³/mol. The van der Waals surface area contributed by atoms with Crippen LogP contribution in [0.4, 0.5) is 4.39 Å². The highest BCUT2D eigenvalue weighted by Gasteiger charge is 2.17. The lowest BCUT2D eigenvalue weighted by atomic mass is 10.0. The molecule has 0 N–H and O–H groups in total. The average molecular weight is 323 g/mol. The highest BCUT2D eigenvalue weighted by Crippen LogP contribution is 2.32. The van der Waals surface area contributed by atoms with Crippen LogP contribution in [0.25, 0.3) is 27.3 Å². The van der Waals surface area contributed by atoms with Crippen molar-refractivity contribution >= 4 is 17.0 Å². The van der Waals surface area contributed by atoms with Gasteiger partial charge in [0.2, 0.25) is 0 Å². The summed E-state index contributed by atoms with van der Waals surface area (Å²) >= 11 is 1.67. The molecule has 0 unspecified atom stereocenters. The molecule has 0 aliphatic heterocycles. The standard InChI is InChI=1S/C18H14FN3S/c1-2-14-17(12-5-7-13(19)8-6-12)18-20-10-9-15(22(18)21-14)16-4-3-11-23-16/h3-11H,2H2,1H3. The van der Waals surface area contributed by atoms with Gasteiger partial charge in [-0.1, -0.05) is 25.1 Å². The zero-order chi connectivity index (χ0) is 15.8. The van der Waals surface area contributed by atoms with E-state index in [0.717, 1.165) is 39.5 Å². The molecule has 0 aliphatic rings. The van der Waals surface area contributed by atoms with Gasteiger partial charge in [0, 0.05) is 11.8 Å². The number of aromatic nitrogens is 3. The van der Waals surface area contributed by atoms with Gasteiger partial charge in [-0.05, 0) is 41.6 Å². The number of thiophene rings is 1. The molecule has 0 saturated heterocycles. The molecule has 1 aromatic carbocycles. The molecular weight excluding hydrogens is 309 g/mol. The van der Waals surface area contributed by atoms with Crippen molar-refractivity contribution in [3.05, 3.63) is 65.6 Å². The monoisotopic (exact) mass is 323 g/mol. The first-order valence-electron chi connectivity index (χ1n) is 7.44. The smallest absolute Gasteiger partial charge is 0.163 e. The van der Waals surface area contributed by atoms with E-state index in [0.29, 0.717) is 0 Å². The van der Waals surface area contributed by atoms with Gasteiger partial charge < -0.3 is 0 Å². The van der Waals surface area contributed by atoms with Gasteiger partial charge >= 0.3 is 0 Å². The Morgan fingerprint density at radius 2 is 1.96 bits per heavy atom. The molecule has 114 valence electrons. The first-order chi connectivity index (χ1) is 11.3. The van der Waals surface area contributed by atoms with E-state index in [2.05, 4.69) is 18.0 Å². The third kappa shape index (κ3) is 2.33. The normalized spacial score (nSPS) is 11.2. The van der Waals surface area contributed by atoms with Gasteiger partial charge in [-0.3, -0.25) is 0 Å². The van der Waals surface area contributed by atoms with E-state index >= 15 is 0 Å². The molecule has 3 heterocycles. The molecule has 0 spiro atoms. The van der Waals surface area contributed by atoms with E-state index in [-0.39, 0.29) is 5.82 Å². The van der Waals surface area contributed by atoms with Crippen LogP contribution in [0.5, 0.6) is 0 Å². The molecule has 4 aromatic rings. The van der Waals surface area contributed by atoms with Crippen molar-refractivity contribution in [3.63, 3.8) is 0 Å². The van der Waals surface area contributed by atoms with Crippen LogP contribution in [0.2, 0.25) is 0 Å². The average Bonchev–Trinajstić information content (AvgIpc) is 3.22. The van der Waals surface area contributed by atoms with Gasteiger partial charge in [0.25, 0.3) is 0 Å². The van der Waals surface area contributed by atoms with Crippen LogP contribution in [0.15, 0.2) is 54.0 Å². The first kappa shape index (κ1) is 14.1. The highest BCUT2D eigenvalue weighted by atomic mass is 32.1. The Kier molecular flexibility index (Phi) is 3.42. The fourth-order valence-electron chi connectivity index (χ4n) is 2.76. The van der Waals surface area contributed by atoms with Crippen molar-refractivity contribution in [2.75, 3.05) is 0 Å². The molecule has 0 saturated carbocycles. The minimum absolute atomic E-state index is 0.240. The Hall–Kier alpha value is -2.53. The van der Waals surface area contributed by atoms with E-state index in [9.17, 15) is 4.39 Å². The number of benzene rings is 1. The van der Waals surface area contributed by atoms with Gasteiger partial charge in [-0.2, -0.15) is 5.10 Å². The van der Waals surface area contributed by atoms with Crippen molar-refractivity contribution in [2.45, 2.75) is 13.3 Å². The van der Waals surface area contributed by atoms with E-state index in [1.54, 1.807) is 29.7 Å². The second kappa shape index (κ2) is 5.59. The zero-order valence-electron chi connectivity index (χ0n) is 12.5. The Morgan fingerprint density at radius 3 is 2.65 bits per heavy atom. The van der Waals surface area contributed by atoms with Crippen LogP contribution in [-0.4, -0.2) is 14.6 Å². The summed E-state index contributed by atoms with van der Waals surface area (Å²) in [6, 6.07) is 12.6. The van der Waals surface area contributed by atoms with Crippen LogP contribution >= 0.6 is 11.3 Å². The van der Waals surface area contributed by atoms with Crippen LogP contribution in [-0.2, 0) is 6.42 Å². The summed E-state index contributed by atoms with van der Waals surface area (Å²) in [4.78, 5) is 5.68. The molecule has 23 heavy (non-hydrogen) atoms. The quantitative estimate of drug-likeness (QED) is 0.541. The molecule has 0 atom stereocenters. The maximum atomic E-state index is 13.2. The summed E-state index contributed by atoms with van der Waals surface area (Å²) in [5.74, 6) is -0.240. The number of hydrogen-bond acceptors (Lipinski definition) is 3. The molecule has 3 aromatic heterocycles. The third-order valence-electron chi connectivity index (χ3n) is 3.83. The Bertz CT molecular complexity index is 956. The maximum Gasteiger partial charge on any atom is 0.163 e. The Balaban J connectivity index is 2.01. The van der Waals surface area contributed by atoms with Gasteiger partial charge in [0.1, 0.15) is 5.82 Å². The lowest BCUT2D eigenvalue weighted by molar-refractivity contribution is 0.628. The second-order valence-corrected chi connectivity index (χ2v) is 6.17. The van der Waals surface area contributed by atoms with E-state index in [1.807, 2.05) is 22.0 Å². The van der Waals surface area contributed by atoms with Gasteiger partial charge in [-0.15, -0.1) is 11.3 Å². The first-order valence-corrected chi connectivity index (χ1v) is 8.32. The van der Waals surface area contributed by atoms with E-state index in [1.165, 1.54) is 12.1 Å². The van der Waals surface area contributed by atoms with Gasteiger partial charge in [-0.25, -0.2) is 13.9 Å². The van der Waals surface area contributed by atoms with Crippen LogP contribution in [0.3, 0.4) is 0 Å². The van der Waals surface area contributed by atoms with Crippen LogP contribution in [0.1, 0.15) is 12.6 Å². The number of hydrogen-bond donors (Lipinski definition) is 0. The molecule has 0 bridgehead atoms. The maximum absolute atomic E-state index is 13.2. The third-order valence-corrected chi connectivity index (χ3v) is 4.72. The molecule has 0 amide bonds. The summed E-state index contributed by atoms with van der Waals surface area (Å²) in [6.07, 6.45) is 2.60. The molecule has 0 aliphatic carbocycles. The molecule has 0 fully saturated rings. The Labute approximate surface area is 137 Å². The van der Waals surface area contributed by atoms with Crippen molar-refractivity contribution in [1.29, 1.82) is 0 Å². The summed E-state index contributed by atoms with van der Waals surface area (Å²) < 4.78 is 15.1. The number of halogens is 1. The van der Waals surface area contributed by atoms with Crippen LogP contribution < -0.4 is 0 Å². The van der Waals surface area contributed by atoms with Crippen molar-refractivity contribution in [3.8, 4) is 21.7 Å². The van der Waals surface area contributed by atoms with Crippen molar-refractivity contribution < 1.29 is 4.39 Å². The van der Waals surface area contributed by atoms with E-state index in [4.69, 9.17) is 5.10 Å². The molecule has 0 radical (unpaired) electrons. The summed E-state index contributed by atoms with van der Waals surface area (Å²) in [5, 5.41) is 6.80. The van der Waals surface area contributed by atoms with Crippen molar-refractivity contribution in [1.82, 2.24) is 14.6 Å². The lowest BCUT2D eigenvalue weighted by Crippen LogP contribution is -1.94. The summed E-state index contributed by atoms with van der Waals surface area (Å²) in [5.41, 5.74) is 4.71. The van der Waals surface area contributed by atoms with Crippen molar-refractivity contribution in [2.24, 2.45) is 0 Å². The minimum Gasteiger partial charge on any atom is -0.236 e. The number of aryl methyl sites for hydroxylation is 1. The fourth-order valence-corrected chi connectivity index (χ4v) is 3.50. The zero-order valence-corrected chi connectivity index (χ0v) is 13.3. The summed E-state index contributed by atoms with van der Waals surface area (Å²) in [7, 11) is 0. The fraction of sp³-hybridized carbons (Fsp3) is 0.111. The number of fused-ring (bicyclic) bond motifs is 1. The number of rotatable bonds is 3. The summed E-state index contributed by atoms with van der Waals surface area (Å²) in [6.45, 7) is 2.07. The predicted octanol–water partition coefficient (Wildman–Crippen LogP) is 4.83. The lowest BCUT2D eigenvalue weighted by Gasteiger charge is -2.03. The largest absolute Gasteiger partial charge is 0.236 e. The molecule has 3 nitrogen and oxygen atoms in total. The molecule has 5 heteroatoms. The SMILES string of the molecule is CCc1nn2c(-c3cccs3)ccnc2c1-c1ccc(F)cc1. The topological polar surface area (TPSA) is 30.2 Å². The molecular formula is C18H14FN3S. The van der Waals surface area contributed by atoms with Gasteiger partial charge in [0.15, 0.2) is 5.65 Å². The Morgan fingerprint density at radius 1 is 1.13 bits per heavy atom. The minimum atomic E-state index is -0.240. The van der Waals surface area contributed by atoms with E-state index < -0.39 is 0 Å². The van der Waals surface area contributed by atoms with Gasteiger partial charge in [0.05, 0.1) is 16.3 Å².